The fraction of sp³-hybridized carbons (Fsp3) is 0.467. The van der Waals surface area contributed by atoms with E-state index in [1.807, 2.05) is 71.7 Å². The molecule has 218 valence electrons. The zero-order chi connectivity index (χ0) is 28.8. The fourth-order valence-corrected chi connectivity index (χ4v) is 5.27. The summed E-state index contributed by atoms with van der Waals surface area (Å²) in [6.07, 6.45) is 1.59. The molecule has 0 N–H and O–H groups in total. The van der Waals surface area contributed by atoms with Crippen molar-refractivity contribution in [2.75, 3.05) is 45.9 Å². The number of aromatic nitrogens is 4. The number of para-hydroxylation sites is 1. The summed E-state index contributed by atoms with van der Waals surface area (Å²) in [5.74, 6) is 2.07. The van der Waals surface area contributed by atoms with Gasteiger partial charge in [0, 0.05) is 63.7 Å². The molecule has 10 nitrogen and oxygen atoms in total. The summed E-state index contributed by atoms with van der Waals surface area (Å²) in [6, 6.07) is 14.8. The molecule has 0 saturated carbocycles. The number of ether oxygens (including phenoxy) is 2. The second kappa shape index (κ2) is 13.5. The van der Waals surface area contributed by atoms with Gasteiger partial charge in [0.05, 0.1) is 17.0 Å². The number of piperazine rings is 1. The molecule has 2 aromatic carbocycles. The number of hydrogen-bond donors (Lipinski definition) is 0. The Hall–Kier alpha value is -3.47. The van der Waals surface area contributed by atoms with Crippen molar-refractivity contribution in [2.24, 2.45) is 0 Å². The molecule has 1 saturated heterocycles. The lowest BCUT2D eigenvalue weighted by Gasteiger charge is -2.34. The number of benzene rings is 2. The summed E-state index contributed by atoms with van der Waals surface area (Å²) in [7, 11) is 0. The average Bonchev–Trinajstić information content (AvgIpc) is 3.40. The Bertz CT molecular complexity index is 1530. The highest BCUT2D eigenvalue weighted by Crippen LogP contribution is 2.17. The smallest absolute Gasteiger partial charge is 0.262 e. The Labute approximate surface area is 244 Å². The lowest BCUT2D eigenvalue weighted by Crippen LogP contribution is -2.49. The van der Waals surface area contributed by atoms with E-state index in [0.717, 1.165) is 30.9 Å². The van der Waals surface area contributed by atoms with Crippen LogP contribution in [-0.2, 0) is 22.5 Å². The molecule has 1 aliphatic heterocycles. The SMILES string of the molecule is CC(C)OCCCn1c(=O)c2ccccc2n2c(CCC(=O)N3CCN(CCOc4ccc(Cl)cc4)CC3)nnc12. The van der Waals surface area contributed by atoms with Crippen LogP contribution in [0.15, 0.2) is 53.3 Å². The van der Waals surface area contributed by atoms with E-state index in [0.29, 0.717) is 74.1 Å². The largest absolute Gasteiger partial charge is 0.492 e. The van der Waals surface area contributed by atoms with Gasteiger partial charge in [0.2, 0.25) is 11.7 Å². The van der Waals surface area contributed by atoms with Crippen molar-refractivity contribution in [3.05, 3.63) is 69.7 Å². The molecule has 4 aromatic rings. The highest BCUT2D eigenvalue weighted by molar-refractivity contribution is 6.30. The summed E-state index contributed by atoms with van der Waals surface area (Å²) < 4.78 is 15.1. The third-order valence-electron chi connectivity index (χ3n) is 7.33. The molecular weight excluding hydrogens is 544 g/mol. The number of halogens is 1. The monoisotopic (exact) mass is 580 g/mol. The molecule has 1 amide bonds. The third-order valence-corrected chi connectivity index (χ3v) is 7.58. The van der Waals surface area contributed by atoms with E-state index in [1.165, 1.54) is 0 Å². The van der Waals surface area contributed by atoms with Crippen LogP contribution in [0.3, 0.4) is 0 Å². The molecule has 0 unspecified atom stereocenters. The number of carbonyl (C=O) groups is 1. The molecule has 0 spiro atoms. The zero-order valence-corrected chi connectivity index (χ0v) is 24.4. The van der Waals surface area contributed by atoms with E-state index in [9.17, 15) is 9.59 Å². The quantitative estimate of drug-likeness (QED) is 0.236. The lowest BCUT2D eigenvalue weighted by atomic mass is 10.2. The Kier molecular flexibility index (Phi) is 9.53. The number of carbonyl (C=O) groups excluding carboxylic acids is 1. The van der Waals surface area contributed by atoms with Crippen LogP contribution in [0.1, 0.15) is 32.5 Å². The van der Waals surface area contributed by atoms with Gasteiger partial charge in [-0.3, -0.25) is 23.5 Å². The van der Waals surface area contributed by atoms with Crippen molar-refractivity contribution in [3.63, 3.8) is 0 Å². The van der Waals surface area contributed by atoms with E-state index < -0.39 is 0 Å². The number of hydrogen-bond acceptors (Lipinski definition) is 7. The maximum absolute atomic E-state index is 13.3. The maximum atomic E-state index is 13.3. The molecule has 11 heteroatoms. The van der Waals surface area contributed by atoms with Gasteiger partial charge in [0.1, 0.15) is 18.2 Å². The standard InChI is InChI=1S/C30H37ClN6O4/c1-22(2)40-20-5-14-36-29(39)25-6-3-4-7-26(25)37-27(32-33-30(36)37)12-13-28(38)35-17-15-34(16-18-35)19-21-41-24-10-8-23(31)9-11-24/h3-4,6-11,22H,5,12-21H2,1-2H3. The van der Waals surface area contributed by atoms with Gasteiger partial charge in [-0.05, 0) is 56.7 Å². The Balaban J connectivity index is 1.18. The van der Waals surface area contributed by atoms with Crippen molar-refractivity contribution < 1.29 is 14.3 Å². The van der Waals surface area contributed by atoms with Crippen molar-refractivity contribution in [3.8, 4) is 5.75 Å². The number of fused-ring (bicyclic) bond motifs is 3. The topological polar surface area (TPSA) is 94.2 Å². The first-order valence-electron chi connectivity index (χ1n) is 14.3. The lowest BCUT2D eigenvalue weighted by molar-refractivity contribution is -0.133. The number of rotatable bonds is 12. The summed E-state index contributed by atoms with van der Waals surface area (Å²) in [6.45, 7) is 9.38. The maximum Gasteiger partial charge on any atom is 0.262 e. The number of nitrogens with zero attached hydrogens (tertiary/aromatic N) is 6. The summed E-state index contributed by atoms with van der Waals surface area (Å²) >= 11 is 5.93. The highest BCUT2D eigenvalue weighted by atomic mass is 35.5. The summed E-state index contributed by atoms with van der Waals surface area (Å²) in [5.41, 5.74) is 0.660. The van der Waals surface area contributed by atoms with Gasteiger partial charge in [-0.15, -0.1) is 10.2 Å². The highest BCUT2D eigenvalue weighted by Gasteiger charge is 2.22. The van der Waals surface area contributed by atoms with Crippen molar-refractivity contribution >= 4 is 34.2 Å². The Morgan fingerprint density at radius 3 is 2.49 bits per heavy atom. The van der Waals surface area contributed by atoms with Crippen LogP contribution in [-0.4, -0.2) is 86.9 Å². The molecular formula is C30H37ClN6O4. The predicted octanol–water partition coefficient (Wildman–Crippen LogP) is 3.67. The van der Waals surface area contributed by atoms with Crippen LogP contribution >= 0.6 is 11.6 Å². The fourth-order valence-electron chi connectivity index (χ4n) is 5.14. The first-order valence-corrected chi connectivity index (χ1v) is 14.6. The molecule has 0 atom stereocenters. The first-order chi connectivity index (χ1) is 19.9. The van der Waals surface area contributed by atoms with Crippen LogP contribution in [0.5, 0.6) is 5.75 Å². The Morgan fingerprint density at radius 2 is 1.73 bits per heavy atom. The van der Waals surface area contributed by atoms with Crippen LogP contribution < -0.4 is 10.3 Å². The van der Waals surface area contributed by atoms with Gasteiger partial charge in [-0.2, -0.15) is 0 Å². The normalized spacial score (nSPS) is 14.4. The van der Waals surface area contributed by atoms with Gasteiger partial charge in [0.15, 0.2) is 0 Å². The first kappa shape index (κ1) is 29.0. The third kappa shape index (κ3) is 7.06. The second-order valence-electron chi connectivity index (χ2n) is 10.5. The van der Waals surface area contributed by atoms with Gasteiger partial charge in [0.25, 0.3) is 5.56 Å². The van der Waals surface area contributed by atoms with E-state index in [2.05, 4.69) is 15.1 Å². The summed E-state index contributed by atoms with van der Waals surface area (Å²) in [5, 5.41) is 10.1. The molecule has 41 heavy (non-hydrogen) atoms. The number of aryl methyl sites for hydroxylation is 2. The molecule has 1 aliphatic rings. The van der Waals surface area contributed by atoms with Crippen molar-refractivity contribution in [1.29, 1.82) is 0 Å². The van der Waals surface area contributed by atoms with Crippen molar-refractivity contribution in [1.82, 2.24) is 29.0 Å². The molecule has 0 bridgehead atoms. The molecule has 2 aromatic heterocycles. The van der Waals surface area contributed by atoms with Gasteiger partial charge < -0.3 is 14.4 Å². The molecule has 1 fully saturated rings. The molecule has 3 heterocycles. The van der Waals surface area contributed by atoms with Gasteiger partial charge in [-0.1, -0.05) is 23.7 Å². The molecule has 0 radical (unpaired) electrons. The van der Waals surface area contributed by atoms with Crippen molar-refractivity contribution in [2.45, 2.75) is 45.8 Å². The summed E-state index contributed by atoms with van der Waals surface area (Å²) in [4.78, 5) is 30.6. The van der Waals surface area contributed by atoms with E-state index in [-0.39, 0.29) is 17.6 Å². The minimum atomic E-state index is -0.0934. The van der Waals surface area contributed by atoms with Crippen LogP contribution in [0.4, 0.5) is 0 Å². The second-order valence-corrected chi connectivity index (χ2v) is 11.0. The van der Waals surface area contributed by atoms with E-state index >= 15 is 0 Å². The average molecular weight is 581 g/mol. The molecule has 5 rings (SSSR count). The minimum Gasteiger partial charge on any atom is -0.492 e. The van der Waals surface area contributed by atoms with Crippen LogP contribution in [0.25, 0.3) is 16.7 Å². The van der Waals surface area contributed by atoms with Crippen LogP contribution in [0.2, 0.25) is 5.02 Å². The molecule has 0 aliphatic carbocycles. The number of amides is 1. The zero-order valence-electron chi connectivity index (χ0n) is 23.7. The van der Waals surface area contributed by atoms with E-state index in [1.54, 1.807) is 4.57 Å². The Morgan fingerprint density at radius 1 is 0.976 bits per heavy atom. The minimum absolute atomic E-state index is 0.0934. The van der Waals surface area contributed by atoms with Crippen LogP contribution in [0, 0.1) is 0 Å². The van der Waals surface area contributed by atoms with Gasteiger partial charge in [-0.25, -0.2) is 0 Å². The van der Waals surface area contributed by atoms with Gasteiger partial charge >= 0.3 is 0 Å². The van der Waals surface area contributed by atoms with E-state index in [4.69, 9.17) is 21.1 Å². The predicted molar refractivity (Wildman–Crippen MR) is 159 cm³/mol.